The zero-order valence-corrected chi connectivity index (χ0v) is 8.05. The summed E-state index contributed by atoms with van der Waals surface area (Å²) in [7, 11) is 0. The Morgan fingerprint density at radius 1 is 1.43 bits per heavy atom. The van der Waals surface area contributed by atoms with Crippen LogP contribution in [0.15, 0.2) is 6.07 Å². The van der Waals surface area contributed by atoms with E-state index in [1.165, 1.54) is 0 Å². The number of hydrogen-bond donors (Lipinski definition) is 1. The Kier molecular flexibility index (Phi) is 3.22. The lowest BCUT2D eigenvalue weighted by Crippen LogP contribution is -2.08. The first-order chi connectivity index (χ1) is 6.50. The number of nitrogens with zero attached hydrogens (tertiary/aromatic N) is 1. The second-order valence-corrected chi connectivity index (χ2v) is 3.35. The summed E-state index contributed by atoms with van der Waals surface area (Å²) in [5, 5.41) is 0. The van der Waals surface area contributed by atoms with Crippen molar-refractivity contribution in [2.45, 2.75) is 13.8 Å². The van der Waals surface area contributed by atoms with E-state index in [1.807, 2.05) is 13.8 Å². The monoisotopic (exact) mass is 202 g/mol. The number of rotatable bonds is 3. The van der Waals surface area contributed by atoms with E-state index in [4.69, 9.17) is 10.5 Å². The average Bonchev–Trinajstić information content (AvgIpc) is 2.09. The number of ether oxygens (including phenoxy) is 1. The highest BCUT2D eigenvalue weighted by Crippen LogP contribution is 2.18. The molecule has 0 unspecified atom stereocenters. The molecular weight excluding hydrogens is 190 g/mol. The Hall–Kier alpha value is -1.39. The molecule has 1 rings (SSSR count). The van der Waals surface area contributed by atoms with Gasteiger partial charge in [-0.1, -0.05) is 13.8 Å². The fourth-order valence-electron chi connectivity index (χ4n) is 0.810. The Morgan fingerprint density at radius 2 is 2.07 bits per heavy atom. The molecule has 0 atom stereocenters. The van der Waals surface area contributed by atoms with Gasteiger partial charge in [-0.15, -0.1) is 0 Å². The molecule has 0 aliphatic rings. The predicted octanol–water partition coefficient (Wildman–Crippen LogP) is 1.98. The number of aromatic nitrogens is 1. The molecule has 0 spiro atoms. The molecule has 78 valence electrons. The lowest BCUT2D eigenvalue weighted by Gasteiger charge is -2.08. The average molecular weight is 202 g/mol. The van der Waals surface area contributed by atoms with Gasteiger partial charge in [0.05, 0.1) is 6.61 Å². The van der Waals surface area contributed by atoms with Gasteiger partial charge in [-0.3, -0.25) is 0 Å². The maximum absolute atomic E-state index is 13.0. The fraction of sp³-hybridized carbons (Fsp3) is 0.444. The third kappa shape index (κ3) is 2.55. The van der Waals surface area contributed by atoms with Gasteiger partial charge in [0.1, 0.15) is 0 Å². The van der Waals surface area contributed by atoms with Crippen molar-refractivity contribution in [2.24, 2.45) is 5.92 Å². The van der Waals surface area contributed by atoms with Crippen LogP contribution in [0, 0.1) is 17.6 Å². The Balaban J connectivity index is 2.82. The van der Waals surface area contributed by atoms with Crippen LogP contribution in [0.5, 0.6) is 5.88 Å². The maximum Gasteiger partial charge on any atom is 0.252 e. The SMILES string of the molecule is CC(C)COc1nc(N)c(F)cc1F. The second-order valence-electron chi connectivity index (χ2n) is 3.35. The molecule has 1 aromatic rings. The highest BCUT2D eigenvalue weighted by atomic mass is 19.1. The summed E-state index contributed by atoms with van der Waals surface area (Å²) in [6, 6.07) is 0.665. The topological polar surface area (TPSA) is 48.1 Å². The quantitative estimate of drug-likeness (QED) is 0.815. The molecular formula is C9H12F2N2O. The van der Waals surface area contributed by atoms with Crippen LogP contribution in [0.2, 0.25) is 0 Å². The summed E-state index contributed by atoms with van der Waals surface area (Å²) in [5.74, 6) is -2.08. The molecule has 0 radical (unpaired) electrons. The van der Waals surface area contributed by atoms with Gasteiger partial charge in [0.25, 0.3) is 5.88 Å². The van der Waals surface area contributed by atoms with Crippen LogP contribution in [0.4, 0.5) is 14.6 Å². The molecule has 0 aliphatic carbocycles. The van der Waals surface area contributed by atoms with Crippen LogP contribution < -0.4 is 10.5 Å². The van der Waals surface area contributed by atoms with Gasteiger partial charge in [0.15, 0.2) is 17.5 Å². The Labute approximate surface area is 80.9 Å². The molecule has 0 fully saturated rings. The molecule has 0 bridgehead atoms. The second kappa shape index (κ2) is 4.21. The highest BCUT2D eigenvalue weighted by Gasteiger charge is 2.11. The summed E-state index contributed by atoms with van der Waals surface area (Å²) in [6.45, 7) is 4.13. The molecule has 2 N–H and O–H groups in total. The largest absolute Gasteiger partial charge is 0.475 e. The first kappa shape index (κ1) is 10.7. The molecule has 3 nitrogen and oxygen atoms in total. The summed E-state index contributed by atoms with van der Waals surface area (Å²) in [4.78, 5) is 3.45. The van der Waals surface area contributed by atoms with Gasteiger partial charge in [-0.2, -0.15) is 4.98 Å². The lowest BCUT2D eigenvalue weighted by molar-refractivity contribution is 0.248. The van der Waals surface area contributed by atoms with E-state index >= 15 is 0 Å². The van der Waals surface area contributed by atoms with E-state index in [9.17, 15) is 8.78 Å². The molecule has 14 heavy (non-hydrogen) atoms. The highest BCUT2D eigenvalue weighted by molar-refractivity contribution is 5.34. The smallest absolute Gasteiger partial charge is 0.252 e. The van der Waals surface area contributed by atoms with E-state index in [2.05, 4.69) is 4.98 Å². The Morgan fingerprint density at radius 3 is 2.64 bits per heavy atom. The number of pyridine rings is 1. The van der Waals surface area contributed by atoms with E-state index in [-0.39, 0.29) is 17.6 Å². The third-order valence-electron chi connectivity index (χ3n) is 1.48. The van der Waals surface area contributed by atoms with Gasteiger partial charge in [-0.05, 0) is 5.92 Å². The van der Waals surface area contributed by atoms with Crippen molar-refractivity contribution in [2.75, 3.05) is 12.3 Å². The summed E-state index contributed by atoms with van der Waals surface area (Å²) >= 11 is 0. The van der Waals surface area contributed by atoms with Crippen LogP contribution in [0.3, 0.4) is 0 Å². The van der Waals surface area contributed by atoms with Crippen molar-refractivity contribution < 1.29 is 13.5 Å². The zero-order chi connectivity index (χ0) is 10.7. The van der Waals surface area contributed by atoms with Crippen LogP contribution in [-0.4, -0.2) is 11.6 Å². The van der Waals surface area contributed by atoms with Gasteiger partial charge in [-0.25, -0.2) is 8.78 Å². The predicted molar refractivity (Wildman–Crippen MR) is 48.9 cm³/mol. The number of halogens is 2. The molecule has 0 saturated heterocycles. The molecule has 0 amide bonds. The minimum Gasteiger partial charge on any atom is -0.475 e. The molecule has 5 heteroatoms. The molecule has 1 heterocycles. The number of nitrogen functional groups attached to an aromatic ring is 1. The third-order valence-corrected chi connectivity index (χ3v) is 1.48. The van der Waals surface area contributed by atoms with Crippen molar-refractivity contribution in [3.05, 3.63) is 17.7 Å². The maximum atomic E-state index is 13.0. The molecule has 1 aromatic heterocycles. The Bertz CT molecular complexity index is 329. The van der Waals surface area contributed by atoms with Crippen molar-refractivity contribution in [3.8, 4) is 5.88 Å². The van der Waals surface area contributed by atoms with Gasteiger partial charge >= 0.3 is 0 Å². The van der Waals surface area contributed by atoms with E-state index in [0.29, 0.717) is 12.7 Å². The number of hydrogen-bond acceptors (Lipinski definition) is 3. The number of nitrogens with two attached hydrogens (primary N) is 1. The van der Waals surface area contributed by atoms with Crippen LogP contribution in [-0.2, 0) is 0 Å². The van der Waals surface area contributed by atoms with Gasteiger partial charge in [0, 0.05) is 6.07 Å². The van der Waals surface area contributed by atoms with Crippen LogP contribution in [0.25, 0.3) is 0 Å². The summed E-state index contributed by atoms with van der Waals surface area (Å²) in [5.41, 5.74) is 5.16. The first-order valence-corrected chi connectivity index (χ1v) is 4.25. The molecule has 0 aliphatic heterocycles. The number of anilines is 1. The van der Waals surface area contributed by atoms with Crippen molar-refractivity contribution in [3.63, 3.8) is 0 Å². The minimum absolute atomic E-state index is 0.238. The van der Waals surface area contributed by atoms with Crippen molar-refractivity contribution >= 4 is 5.82 Å². The van der Waals surface area contributed by atoms with E-state index < -0.39 is 11.6 Å². The summed E-state index contributed by atoms with van der Waals surface area (Å²) in [6.07, 6.45) is 0. The fourth-order valence-corrected chi connectivity index (χ4v) is 0.810. The van der Waals surface area contributed by atoms with Crippen molar-refractivity contribution in [1.82, 2.24) is 4.98 Å². The summed E-state index contributed by atoms with van der Waals surface area (Å²) < 4.78 is 30.7. The first-order valence-electron chi connectivity index (χ1n) is 4.25. The zero-order valence-electron chi connectivity index (χ0n) is 8.05. The lowest BCUT2D eigenvalue weighted by atomic mass is 10.2. The molecule has 0 saturated carbocycles. The van der Waals surface area contributed by atoms with E-state index in [0.717, 1.165) is 0 Å². The molecule has 0 aromatic carbocycles. The van der Waals surface area contributed by atoms with Crippen LogP contribution in [0.1, 0.15) is 13.8 Å². The van der Waals surface area contributed by atoms with Crippen LogP contribution >= 0.6 is 0 Å². The normalized spacial score (nSPS) is 10.6. The standard InChI is InChI=1S/C9H12F2N2O/c1-5(2)4-14-9-7(11)3-6(10)8(12)13-9/h3,5H,4H2,1-2H3,(H2,12,13). The van der Waals surface area contributed by atoms with Gasteiger partial charge < -0.3 is 10.5 Å². The van der Waals surface area contributed by atoms with Crippen molar-refractivity contribution in [1.29, 1.82) is 0 Å². The van der Waals surface area contributed by atoms with E-state index in [1.54, 1.807) is 0 Å². The minimum atomic E-state index is -0.876. The van der Waals surface area contributed by atoms with Gasteiger partial charge in [0.2, 0.25) is 0 Å².